The van der Waals surface area contributed by atoms with Gasteiger partial charge in [-0.05, 0) is 37.4 Å². The summed E-state index contributed by atoms with van der Waals surface area (Å²) in [7, 11) is 0. The topological polar surface area (TPSA) is 32.3 Å². The first-order valence-corrected chi connectivity index (χ1v) is 6.51. The number of rotatable bonds is 7. The van der Waals surface area contributed by atoms with Crippen LogP contribution in [0.25, 0.3) is 0 Å². The lowest BCUT2D eigenvalue weighted by molar-refractivity contribution is 0.165. The minimum absolute atomic E-state index is 0.183. The number of aliphatic hydroxyl groups excluding tert-OH is 1. The molecule has 1 aromatic carbocycles. The van der Waals surface area contributed by atoms with E-state index in [1.54, 1.807) is 0 Å². The van der Waals surface area contributed by atoms with Gasteiger partial charge in [0.05, 0.1) is 11.7 Å². The Hall–Kier alpha value is -1.00. The second kappa shape index (κ2) is 6.25. The Morgan fingerprint density at radius 3 is 2.56 bits per heavy atom. The van der Waals surface area contributed by atoms with Crippen molar-refractivity contribution in [2.24, 2.45) is 5.92 Å². The number of aliphatic hydroxyl groups is 1. The maximum absolute atomic E-state index is 13.4. The van der Waals surface area contributed by atoms with Crippen molar-refractivity contribution in [1.82, 2.24) is 5.32 Å². The fourth-order valence-electron chi connectivity index (χ4n) is 2.09. The van der Waals surface area contributed by atoms with Gasteiger partial charge in [0, 0.05) is 6.54 Å². The predicted octanol–water partition coefficient (Wildman–Crippen LogP) is 2.78. The summed E-state index contributed by atoms with van der Waals surface area (Å²) in [6, 6.07) is 3.62. The van der Waals surface area contributed by atoms with Gasteiger partial charge in [-0.15, -0.1) is 0 Å². The van der Waals surface area contributed by atoms with E-state index in [4.69, 9.17) is 0 Å². The Morgan fingerprint density at radius 1 is 1.28 bits per heavy atom. The minimum Gasteiger partial charge on any atom is -0.387 e. The van der Waals surface area contributed by atoms with E-state index in [-0.39, 0.29) is 12.1 Å². The van der Waals surface area contributed by atoms with Gasteiger partial charge in [0.2, 0.25) is 0 Å². The third-order valence-electron chi connectivity index (χ3n) is 3.33. The van der Waals surface area contributed by atoms with Gasteiger partial charge < -0.3 is 10.4 Å². The molecule has 100 valence electrons. The lowest BCUT2D eigenvalue weighted by Crippen LogP contribution is -2.23. The molecular formula is C14H19F2NO. The van der Waals surface area contributed by atoms with Crippen molar-refractivity contribution >= 4 is 0 Å². The summed E-state index contributed by atoms with van der Waals surface area (Å²) in [5.41, 5.74) is -0.243. The molecule has 1 atom stereocenters. The Morgan fingerprint density at radius 2 is 1.94 bits per heavy atom. The average molecular weight is 255 g/mol. The van der Waals surface area contributed by atoms with Crippen molar-refractivity contribution in [3.8, 4) is 0 Å². The summed E-state index contributed by atoms with van der Waals surface area (Å²) in [4.78, 5) is 0. The van der Waals surface area contributed by atoms with E-state index in [2.05, 4.69) is 5.32 Å². The molecule has 1 aliphatic rings. The maximum atomic E-state index is 13.4. The van der Waals surface area contributed by atoms with Crippen LogP contribution in [0.4, 0.5) is 8.78 Å². The van der Waals surface area contributed by atoms with Crippen molar-refractivity contribution in [3.63, 3.8) is 0 Å². The first-order valence-electron chi connectivity index (χ1n) is 6.51. The predicted molar refractivity (Wildman–Crippen MR) is 66.1 cm³/mol. The van der Waals surface area contributed by atoms with E-state index >= 15 is 0 Å². The van der Waals surface area contributed by atoms with Crippen LogP contribution in [-0.2, 0) is 0 Å². The Bertz CT molecular complexity index is 373. The molecule has 4 heteroatoms. The molecule has 1 aromatic rings. The molecule has 0 amide bonds. The quantitative estimate of drug-likeness (QED) is 0.734. The summed E-state index contributed by atoms with van der Waals surface area (Å²) < 4.78 is 26.7. The Balaban J connectivity index is 1.74. The van der Waals surface area contributed by atoms with Crippen LogP contribution < -0.4 is 5.32 Å². The first-order chi connectivity index (χ1) is 8.68. The van der Waals surface area contributed by atoms with Crippen LogP contribution in [0.2, 0.25) is 0 Å². The fourth-order valence-corrected chi connectivity index (χ4v) is 2.09. The van der Waals surface area contributed by atoms with Crippen molar-refractivity contribution in [2.75, 3.05) is 13.1 Å². The van der Waals surface area contributed by atoms with E-state index in [1.807, 2.05) is 0 Å². The Labute approximate surface area is 106 Å². The number of hydrogen-bond donors (Lipinski definition) is 2. The van der Waals surface area contributed by atoms with Gasteiger partial charge >= 0.3 is 0 Å². The summed E-state index contributed by atoms with van der Waals surface area (Å²) in [5.74, 6) is -0.495. The molecule has 2 rings (SSSR count). The van der Waals surface area contributed by atoms with E-state index in [9.17, 15) is 13.9 Å². The molecule has 0 radical (unpaired) electrons. The van der Waals surface area contributed by atoms with Crippen LogP contribution in [0, 0.1) is 17.6 Å². The number of halogens is 2. The molecule has 0 aromatic heterocycles. The van der Waals surface area contributed by atoms with Crippen molar-refractivity contribution in [2.45, 2.75) is 31.8 Å². The average Bonchev–Trinajstić information content (AvgIpc) is 3.12. The second-order valence-corrected chi connectivity index (χ2v) is 4.94. The van der Waals surface area contributed by atoms with Gasteiger partial charge in [0.25, 0.3) is 0 Å². The highest BCUT2D eigenvalue weighted by Crippen LogP contribution is 2.33. The summed E-state index contributed by atoms with van der Waals surface area (Å²) in [6.45, 7) is 0.964. The molecule has 2 nitrogen and oxygen atoms in total. The van der Waals surface area contributed by atoms with Crippen LogP contribution >= 0.6 is 0 Å². The number of hydrogen-bond acceptors (Lipinski definition) is 2. The highest BCUT2D eigenvalue weighted by atomic mass is 19.1. The monoisotopic (exact) mass is 255 g/mol. The molecule has 0 saturated heterocycles. The molecule has 0 spiro atoms. The zero-order chi connectivity index (χ0) is 13.0. The highest BCUT2D eigenvalue weighted by Gasteiger charge is 2.20. The number of benzene rings is 1. The number of nitrogens with one attached hydrogen (secondary N) is 1. The molecule has 18 heavy (non-hydrogen) atoms. The zero-order valence-corrected chi connectivity index (χ0v) is 10.3. The smallest absolute Gasteiger partial charge is 0.131 e. The van der Waals surface area contributed by atoms with Crippen LogP contribution in [0.15, 0.2) is 18.2 Å². The van der Waals surface area contributed by atoms with E-state index in [0.29, 0.717) is 0 Å². The van der Waals surface area contributed by atoms with Gasteiger partial charge in [0.15, 0.2) is 0 Å². The first kappa shape index (κ1) is 13.4. The summed E-state index contributed by atoms with van der Waals surface area (Å²) >= 11 is 0. The molecule has 1 unspecified atom stereocenters. The molecule has 0 aliphatic heterocycles. The lowest BCUT2D eigenvalue weighted by Gasteiger charge is -2.13. The lowest BCUT2D eigenvalue weighted by atomic mass is 10.1. The van der Waals surface area contributed by atoms with Crippen molar-refractivity contribution in [3.05, 3.63) is 35.4 Å². The Kier molecular flexibility index (Phi) is 4.66. The molecular weight excluding hydrogens is 236 g/mol. The molecule has 2 N–H and O–H groups in total. The fraction of sp³-hybridized carbons (Fsp3) is 0.571. The molecule has 1 saturated carbocycles. The van der Waals surface area contributed by atoms with Crippen LogP contribution in [0.3, 0.4) is 0 Å². The van der Waals surface area contributed by atoms with Crippen molar-refractivity contribution < 1.29 is 13.9 Å². The maximum Gasteiger partial charge on any atom is 0.131 e. The van der Waals surface area contributed by atoms with Crippen LogP contribution in [0.1, 0.15) is 37.4 Å². The van der Waals surface area contributed by atoms with Gasteiger partial charge in [-0.3, -0.25) is 0 Å². The van der Waals surface area contributed by atoms with Crippen molar-refractivity contribution in [1.29, 1.82) is 0 Å². The molecule has 1 fully saturated rings. The standard InChI is InChI=1S/C14H19F2NO/c15-11-4-1-5-12(16)14(11)13(18)9-17-8-2-3-10-6-7-10/h1,4-5,10,13,17-18H,2-3,6-9H2. The van der Waals surface area contributed by atoms with Gasteiger partial charge in [-0.25, -0.2) is 8.78 Å². The molecule has 1 aliphatic carbocycles. The second-order valence-electron chi connectivity index (χ2n) is 4.94. The van der Waals surface area contributed by atoms with E-state index in [0.717, 1.165) is 31.0 Å². The zero-order valence-electron chi connectivity index (χ0n) is 10.3. The van der Waals surface area contributed by atoms with Crippen LogP contribution in [-0.4, -0.2) is 18.2 Å². The summed E-state index contributed by atoms with van der Waals surface area (Å²) in [5, 5.41) is 12.8. The van der Waals surface area contributed by atoms with Gasteiger partial charge in [0.1, 0.15) is 11.6 Å². The van der Waals surface area contributed by atoms with Crippen LogP contribution in [0.5, 0.6) is 0 Å². The van der Waals surface area contributed by atoms with Gasteiger partial charge in [-0.1, -0.05) is 18.9 Å². The largest absolute Gasteiger partial charge is 0.387 e. The van der Waals surface area contributed by atoms with Gasteiger partial charge in [-0.2, -0.15) is 0 Å². The third kappa shape index (κ3) is 3.75. The SMILES string of the molecule is OC(CNCCCC1CC1)c1c(F)cccc1F. The minimum atomic E-state index is -1.13. The third-order valence-corrected chi connectivity index (χ3v) is 3.33. The van der Waals surface area contributed by atoms with E-state index < -0.39 is 17.7 Å². The molecule has 0 bridgehead atoms. The van der Waals surface area contributed by atoms with E-state index in [1.165, 1.54) is 25.3 Å². The molecule has 0 heterocycles. The highest BCUT2D eigenvalue weighted by molar-refractivity contribution is 5.22. The summed E-state index contributed by atoms with van der Waals surface area (Å²) in [6.07, 6.45) is 3.80. The normalized spacial score (nSPS) is 16.8.